The Morgan fingerprint density at radius 2 is 2.06 bits per heavy atom. The molecule has 2 aromatic rings. The van der Waals surface area contributed by atoms with Gasteiger partial charge in [0.15, 0.2) is 5.78 Å². The molecule has 1 aromatic carbocycles. The predicted molar refractivity (Wildman–Crippen MR) is 58.3 cm³/mol. The van der Waals surface area contributed by atoms with Crippen LogP contribution in [0.3, 0.4) is 0 Å². The molecule has 0 fully saturated rings. The van der Waals surface area contributed by atoms with Crippen LogP contribution in [-0.2, 0) is 0 Å². The van der Waals surface area contributed by atoms with Crippen LogP contribution in [0, 0.1) is 0 Å². The lowest BCUT2D eigenvalue weighted by Crippen LogP contribution is -2.14. The Labute approximate surface area is 99.4 Å². The van der Waals surface area contributed by atoms with Gasteiger partial charge in [-0.3, -0.25) is 4.79 Å². The lowest BCUT2D eigenvalue weighted by Gasteiger charge is -2.04. The number of hydrogen-bond donors (Lipinski definition) is 1. The molecule has 0 saturated carbocycles. The van der Waals surface area contributed by atoms with E-state index in [9.17, 15) is 18.0 Å². The van der Waals surface area contributed by atoms with Crippen molar-refractivity contribution < 1.29 is 18.0 Å². The Morgan fingerprint density at radius 3 is 2.71 bits per heavy atom. The smallest absolute Gasteiger partial charge is 0.360 e. The third kappa shape index (κ3) is 2.44. The van der Waals surface area contributed by atoms with E-state index in [-0.39, 0.29) is 10.6 Å². The first-order valence-corrected chi connectivity index (χ1v) is 5.12. The Kier molecular flexibility index (Phi) is 2.87. The van der Waals surface area contributed by atoms with Gasteiger partial charge in [0.25, 0.3) is 0 Å². The molecule has 90 valence electrons. The second-order valence-corrected chi connectivity index (χ2v) is 3.99. The maximum Gasteiger partial charge on any atom is 0.396 e. The Bertz CT molecular complexity index is 574. The molecule has 0 amide bonds. The van der Waals surface area contributed by atoms with Crippen molar-refractivity contribution in [2.75, 3.05) is 0 Å². The van der Waals surface area contributed by atoms with Crippen LogP contribution < -0.4 is 0 Å². The minimum atomic E-state index is -4.51. The number of fused-ring (bicyclic) bond motifs is 1. The number of rotatable bonds is 2. The Morgan fingerprint density at radius 1 is 1.35 bits per heavy atom. The molecule has 0 bridgehead atoms. The van der Waals surface area contributed by atoms with Crippen LogP contribution in [0.2, 0.25) is 5.02 Å². The summed E-state index contributed by atoms with van der Waals surface area (Å²) in [6.07, 6.45) is -4.74. The Hall–Kier alpha value is -1.49. The first-order valence-electron chi connectivity index (χ1n) is 4.74. The maximum absolute atomic E-state index is 12.1. The van der Waals surface area contributed by atoms with Crippen molar-refractivity contribution in [3.63, 3.8) is 0 Å². The normalized spacial score (nSPS) is 12.0. The maximum atomic E-state index is 12.1. The van der Waals surface area contributed by atoms with E-state index in [1.165, 1.54) is 12.3 Å². The van der Waals surface area contributed by atoms with Crippen LogP contribution >= 0.6 is 11.6 Å². The van der Waals surface area contributed by atoms with Crippen molar-refractivity contribution in [2.24, 2.45) is 0 Å². The summed E-state index contributed by atoms with van der Waals surface area (Å²) in [5, 5.41) is 0.595. The number of ketones is 1. The fourth-order valence-corrected chi connectivity index (χ4v) is 1.91. The molecule has 0 aliphatic heterocycles. The van der Waals surface area contributed by atoms with E-state index in [1.807, 2.05) is 0 Å². The first-order chi connectivity index (χ1) is 7.88. The molecule has 0 aliphatic rings. The standard InChI is InChI=1S/C11H7ClF3NO/c12-7-2-1-3-8-10(7)6(5-16-8)9(17)4-11(13,14)15/h1-3,5,16H,4H2. The molecule has 0 spiro atoms. The molecular formula is C11H7ClF3NO. The van der Waals surface area contributed by atoms with Gasteiger partial charge in [-0.15, -0.1) is 0 Å². The number of halogens is 4. The molecule has 0 aliphatic carbocycles. The highest BCUT2D eigenvalue weighted by molar-refractivity contribution is 6.36. The number of benzene rings is 1. The third-order valence-corrected chi connectivity index (χ3v) is 2.63. The summed E-state index contributed by atoms with van der Waals surface area (Å²) in [7, 11) is 0. The molecule has 1 N–H and O–H groups in total. The summed E-state index contributed by atoms with van der Waals surface area (Å²) in [5.41, 5.74) is 0.519. The summed E-state index contributed by atoms with van der Waals surface area (Å²) >= 11 is 5.87. The van der Waals surface area contributed by atoms with E-state index in [2.05, 4.69) is 4.98 Å². The van der Waals surface area contributed by atoms with Gasteiger partial charge in [0, 0.05) is 22.7 Å². The number of hydrogen-bond acceptors (Lipinski definition) is 1. The second kappa shape index (κ2) is 4.07. The van der Waals surface area contributed by atoms with Crippen molar-refractivity contribution in [2.45, 2.75) is 12.6 Å². The van der Waals surface area contributed by atoms with Gasteiger partial charge in [0.05, 0.1) is 5.02 Å². The molecule has 1 aromatic heterocycles. The van der Waals surface area contributed by atoms with Crippen molar-refractivity contribution in [1.82, 2.24) is 4.98 Å². The highest BCUT2D eigenvalue weighted by Crippen LogP contribution is 2.30. The molecule has 6 heteroatoms. The lowest BCUT2D eigenvalue weighted by molar-refractivity contribution is -0.125. The van der Waals surface area contributed by atoms with Gasteiger partial charge in [-0.2, -0.15) is 13.2 Å². The molecule has 1 heterocycles. The summed E-state index contributed by atoms with van der Waals surface area (Å²) in [4.78, 5) is 14.2. The van der Waals surface area contributed by atoms with Crippen molar-refractivity contribution in [3.8, 4) is 0 Å². The van der Waals surface area contributed by atoms with Gasteiger partial charge in [-0.05, 0) is 12.1 Å². The highest BCUT2D eigenvalue weighted by Gasteiger charge is 2.32. The summed E-state index contributed by atoms with van der Waals surface area (Å²) < 4.78 is 36.4. The van der Waals surface area contributed by atoms with E-state index in [4.69, 9.17) is 11.6 Å². The second-order valence-electron chi connectivity index (χ2n) is 3.58. The molecule has 0 radical (unpaired) electrons. The van der Waals surface area contributed by atoms with Crippen molar-refractivity contribution in [3.05, 3.63) is 35.0 Å². The molecular weight excluding hydrogens is 255 g/mol. The minimum Gasteiger partial charge on any atom is -0.360 e. The molecule has 0 atom stereocenters. The van der Waals surface area contributed by atoms with E-state index in [1.54, 1.807) is 12.1 Å². The SMILES string of the molecule is O=C(CC(F)(F)F)c1c[nH]c2cccc(Cl)c12. The Balaban J connectivity index is 2.46. The quantitative estimate of drug-likeness (QED) is 0.816. The molecule has 0 saturated heterocycles. The molecule has 2 rings (SSSR count). The number of alkyl halides is 3. The minimum absolute atomic E-state index is 0.0251. The average Bonchev–Trinajstić information content (AvgIpc) is 2.60. The highest BCUT2D eigenvalue weighted by atomic mass is 35.5. The number of nitrogens with one attached hydrogen (secondary N) is 1. The predicted octanol–water partition coefficient (Wildman–Crippen LogP) is 3.96. The molecule has 17 heavy (non-hydrogen) atoms. The average molecular weight is 262 g/mol. The number of H-pyrrole nitrogens is 1. The number of aromatic amines is 1. The van der Waals surface area contributed by atoms with Gasteiger partial charge >= 0.3 is 6.18 Å². The van der Waals surface area contributed by atoms with Crippen molar-refractivity contribution >= 4 is 28.3 Å². The van der Waals surface area contributed by atoms with Gasteiger partial charge in [0.1, 0.15) is 6.42 Å². The molecule has 0 unspecified atom stereocenters. The van der Waals surface area contributed by atoms with Crippen LogP contribution in [0.1, 0.15) is 16.8 Å². The summed E-state index contributed by atoms with van der Waals surface area (Å²) in [6, 6.07) is 4.83. The lowest BCUT2D eigenvalue weighted by atomic mass is 10.1. The van der Waals surface area contributed by atoms with Gasteiger partial charge in [-0.25, -0.2) is 0 Å². The topological polar surface area (TPSA) is 32.9 Å². The van der Waals surface area contributed by atoms with E-state index < -0.39 is 18.4 Å². The van der Waals surface area contributed by atoms with E-state index in [0.717, 1.165) is 0 Å². The number of Topliss-reactive ketones (excluding diaryl/α,β-unsaturated/α-hetero) is 1. The number of carbonyl (C=O) groups is 1. The van der Waals surface area contributed by atoms with Gasteiger partial charge < -0.3 is 4.98 Å². The molecule has 2 nitrogen and oxygen atoms in total. The van der Waals surface area contributed by atoms with Gasteiger partial charge in [0.2, 0.25) is 0 Å². The fraction of sp³-hybridized carbons (Fsp3) is 0.182. The fourth-order valence-electron chi connectivity index (χ4n) is 1.64. The van der Waals surface area contributed by atoms with Crippen LogP contribution in [0.15, 0.2) is 24.4 Å². The van der Waals surface area contributed by atoms with E-state index >= 15 is 0 Å². The monoisotopic (exact) mass is 261 g/mol. The van der Waals surface area contributed by atoms with Crippen LogP contribution in [0.25, 0.3) is 10.9 Å². The summed E-state index contributed by atoms with van der Waals surface area (Å²) in [6.45, 7) is 0. The summed E-state index contributed by atoms with van der Waals surface area (Å²) in [5.74, 6) is -0.989. The zero-order valence-electron chi connectivity index (χ0n) is 8.44. The van der Waals surface area contributed by atoms with Crippen LogP contribution in [0.5, 0.6) is 0 Å². The van der Waals surface area contributed by atoms with Crippen LogP contribution in [0.4, 0.5) is 13.2 Å². The zero-order chi connectivity index (χ0) is 12.6. The van der Waals surface area contributed by atoms with Crippen LogP contribution in [-0.4, -0.2) is 16.9 Å². The largest absolute Gasteiger partial charge is 0.396 e. The first kappa shape index (κ1) is 12.0. The number of aromatic nitrogens is 1. The van der Waals surface area contributed by atoms with Crippen molar-refractivity contribution in [1.29, 1.82) is 0 Å². The zero-order valence-corrected chi connectivity index (χ0v) is 9.19. The van der Waals surface area contributed by atoms with Gasteiger partial charge in [-0.1, -0.05) is 17.7 Å². The number of carbonyl (C=O) groups excluding carboxylic acids is 1. The van der Waals surface area contributed by atoms with E-state index in [0.29, 0.717) is 10.9 Å². The third-order valence-electron chi connectivity index (χ3n) is 2.32.